The third kappa shape index (κ3) is 4.60. The molecular weight excluding hydrogens is 394 g/mol. The first kappa shape index (κ1) is 21.1. The van der Waals surface area contributed by atoms with Crippen LogP contribution in [-0.4, -0.2) is 35.2 Å². The Morgan fingerprint density at radius 2 is 2.03 bits per heavy atom. The number of para-hydroxylation sites is 1. The number of hydrogen-bond donors (Lipinski definition) is 0. The fraction of sp³-hybridized carbons (Fsp3) is 0.500. The minimum atomic E-state index is 0.146. The fourth-order valence-corrected chi connectivity index (χ4v) is 5.57. The maximum Gasteiger partial charge on any atom is 0.262 e. The molecule has 1 aliphatic carbocycles. The molecule has 1 aliphatic rings. The average molecular weight is 426 g/mol. The van der Waals surface area contributed by atoms with Crippen molar-refractivity contribution in [1.29, 1.82) is 0 Å². The van der Waals surface area contributed by atoms with Crippen LogP contribution in [0.3, 0.4) is 0 Å². The zero-order valence-electron chi connectivity index (χ0n) is 18.2. The summed E-state index contributed by atoms with van der Waals surface area (Å²) in [6, 6.07) is 9.88. The van der Waals surface area contributed by atoms with Gasteiger partial charge in [0.05, 0.1) is 18.5 Å². The van der Waals surface area contributed by atoms with Crippen LogP contribution in [0.25, 0.3) is 10.2 Å². The van der Waals surface area contributed by atoms with E-state index < -0.39 is 0 Å². The summed E-state index contributed by atoms with van der Waals surface area (Å²) in [5.41, 5.74) is 1.41. The molecule has 1 unspecified atom stereocenters. The zero-order valence-corrected chi connectivity index (χ0v) is 19.0. The lowest BCUT2D eigenvalue weighted by Crippen LogP contribution is -2.29. The third-order valence-electron chi connectivity index (χ3n) is 5.74. The Morgan fingerprint density at radius 1 is 1.23 bits per heavy atom. The van der Waals surface area contributed by atoms with Gasteiger partial charge in [-0.05, 0) is 69.8 Å². The number of fused-ring (bicyclic) bond motifs is 3. The normalized spacial score (nSPS) is 16.2. The van der Waals surface area contributed by atoms with E-state index in [9.17, 15) is 4.79 Å². The van der Waals surface area contributed by atoms with Gasteiger partial charge in [0.1, 0.15) is 16.4 Å². The molecule has 3 aromatic rings. The van der Waals surface area contributed by atoms with E-state index in [0.717, 1.165) is 53.9 Å². The number of hydrogen-bond acceptors (Lipinski definition) is 5. The molecule has 160 valence electrons. The van der Waals surface area contributed by atoms with Gasteiger partial charge in [0.2, 0.25) is 0 Å². The van der Waals surface area contributed by atoms with Gasteiger partial charge in [-0.15, -0.1) is 11.3 Å². The predicted molar refractivity (Wildman–Crippen MR) is 124 cm³/mol. The van der Waals surface area contributed by atoms with Crippen LogP contribution in [0, 0.1) is 5.92 Å². The number of benzene rings is 1. The van der Waals surface area contributed by atoms with Gasteiger partial charge in [0, 0.05) is 11.4 Å². The van der Waals surface area contributed by atoms with Gasteiger partial charge in [0.15, 0.2) is 0 Å². The summed E-state index contributed by atoms with van der Waals surface area (Å²) in [7, 11) is 4.05. The van der Waals surface area contributed by atoms with Crippen molar-refractivity contribution < 1.29 is 4.74 Å². The number of rotatable bonds is 8. The predicted octanol–water partition coefficient (Wildman–Crippen LogP) is 4.50. The van der Waals surface area contributed by atoms with Crippen molar-refractivity contribution in [2.24, 2.45) is 5.92 Å². The maximum atomic E-state index is 13.5. The monoisotopic (exact) mass is 425 g/mol. The van der Waals surface area contributed by atoms with Crippen LogP contribution in [0.1, 0.15) is 42.5 Å². The molecule has 0 N–H and O–H groups in total. The Bertz CT molecular complexity index is 1060. The topological polar surface area (TPSA) is 47.4 Å². The summed E-state index contributed by atoms with van der Waals surface area (Å²) in [5.74, 6) is 2.46. The van der Waals surface area contributed by atoms with Gasteiger partial charge in [0.25, 0.3) is 5.56 Å². The van der Waals surface area contributed by atoms with E-state index in [0.29, 0.717) is 25.6 Å². The molecule has 5 nitrogen and oxygen atoms in total. The molecule has 0 radical (unpaired) electrons. The number of unbranched alkanes of at least 4 members (excludes halogenated alkanes) is 1. The number of thiophene rings is 1. The van der Waals surface area contributed by atoms with Crippen molar-refractivity contribution in [2.45, 2.75) is 52.1 Å². The molecule has 0 saturated heterocycles. The van der Waals surface area contributed by atoms with Crippen LogP contribution in [-0.2, 0) is 25.9 Å². The van der Waals surface area contributed by atoms with Gasteiger partial charge in [-0.1, -0.05) is 25.1 Å². The van der Waals surface area contributed by atoms with Gasteiger partial charge in [-0.3, -0.25) is 9.36 Å². The second-order valence-electron chi connectivity index (χ2n) is 8.62. The fourth-order valence-electron chi connectivity index (χ4n) is 4.18. The Labute approximate surface area is 182 Å². The minimum Gasteiger partial charge on any atom is -0.494 e. The summed E-state index contributed by atoms with van der Waals surface area (Å²) in [4.78, 5) is 22.9. The second-order valence-corrected chi connectivity index (χ2v) is 9.71. The van der Waals surface area contributed by atoms with E-state index in [4.69, 9.17) is 9.72 Å². The number of ether oxygens (including phenoxy) is 1. The Balaban J connectivity index is 1.54. The highest BCUT2D eigenvalue weighted by Crippen LogP contribution is 2.35. The summed E-state index contributed by atoms with van der Waals surface area (Å²) in [6.07, 6.45) is 5.04. The quantitative estimate of drug-likeness (QED) is 0.499. The summed E-state index contributed by atoms with van der Waals surface area (Å²) in [6.45, 7) is 4.31. The highest BCUT2D eigenvalue weighted by Gasteiger charge is 2.24. The van der Waals surface area contributed by atoms with Crippen molar-refractivity contribution in [3.05, 3.63) is 57.0 Å². The lowest BCUT2D eigenvalue weighted by Gasteiger charge is -2.18. The smallest absolute Gasteiger partial charge is 0.262 e. The van der Waals surface area contributed by atoms with Crippen molar-refractivity contribution >= 4 is 21.6 Å². The summed E-state index contributed by atoms with van der Waals surface area (Å²) < 4.78 is 7.71. The molecule has 30 heavy (non-hydrogen) atoms. The van der Waals surface area contributed by atoms with Crippen LogP contribution in [0.5, 0.6) is 5.75 Å². The molecule has 0 aliphatic heterocycles. The minimum absolute atomic E-state index is 0.146. The van der Waals surface area contributed by atoms with Crippen molar-refractivity contribution in [2.75, 3.05) is 20.7 Å². The maximum absolute atomic E-state index is 13.5. The first-order valence-electron chi connectivity index (χ1n) is 10.9. The van der Waals surface area contributed by atoms with Crippen molar-refractivity contribution in [3.8, 4) is 5.75 Å². The van der Waals surface area contributed by atoms with Crippen molar-refractivity contribution in [1.82, 2.24) is 14.5 Å². The van der Waals surface area contributed by atoms with Gasteiger partial charge >= 0.3 is 0 Å². The number of aryl methyl sites for hydroxylation is 1. The largest absolute Gasteiger partial charge is 0.494 e. The Kier molecular flexibility index (Phi) is 6.54. The molecule has 2 heterocycles. The van der Waals surface area contributed by atoms with E-state index in [2.05, 4.69) is 11.8 Å². The Hall–Kier alpha value is -2.18. The third-order valence-corrected chi connectivity index (χ3v) is 6.89. The molecule has 4 rings (SSSR count). The van der Waals surface area contributed by atoms with Crippen molar-refractivity contribution in [3.63, 3.8) is 0 Å². The van der Waals surface area contributed by atoms with Crippen LogP contribution >= 0.6 is 11.3 Å². The van der Waals surface area contributed by atoms with E-state index >= 15 is 0 Å². The molecule has 1 atom stereocenters. The van der Waals surface area contributed by atoms with E-state index in [1.54, 1.807) is 11.3 Å². The summed E-state index contributed by atoms with van der Waals surface area (Å²) >= 11 is 1.73. The van der Waals surface area contributed by atoms with Crippen LogP contribution in [0.4, 0.5) is 0 Å². The standard InChI is InChI=1S/C24H31N3O2S/c1-17-11-12-19-20(15-17)30-23-22(19)24(28)27(21(25-23)16-26(2)3)13-7-8-14-29-18-9-5-4-6-10-18/h4-6,9-10,17H,7-8,11-16H2,1-3H3. The highest BCUT2D eigenvalue weighted by atomic mass is 32.1. The molecule has 0 saturated carbocycles. The average Bonchev–Trinajstić information content (AvgIpc) is 3.07. The van der Waals surface area contributed by atoms with E-state index in [1.165, 1.54) is 10.4 Å². The first-order chi connectivity index (χ1) is 14.5. The molecule has 0 fully saturated rings. The molecule has 6 heteroatoms. The van der Waals surface area contributed by atoms with Gasteiger partial charge in [-0.25, -0.2) is 4.98 Å². The molecule has 0 bridgehead atoms. The van der Waals surface area contributed by atoms with Gasteiger partial charge < -0.3 is 9.64 Å². The lowest BCUT2D eigenvalue weighted by molar-refractivity contribution is 0.301. The second kappa shape index (κ2) is 9.31. The first-order valence-corrected chi connectivity index (χ1v) is 11.7. The summed E-state index contributed by atoms with van der Waals surface area (Å²) in [5, 5.41) is 0.880. The van der Waals surface area contributed by atoms with Gasteiger partial charge in [-0.2, -0.15) is 0 Å². The van der Waals surface area contributed by atoms with Crippen LogP contribution < -0.4 is 10.3 Å². The van der Waals surface area contributed by atoms with E-state index in [-0.39, 0.29) is 5.56 Å². The van der Waals surface area contributed by atoms with Crippen LogP contribution in [0.2, 0.25) is 0 Å². The highest BCUT2D eigenvalue weighted by molar-refractivity contribution is 7.18. The van der Waals surface area contributed by atoms with E-state index in [1.807, 2.05) is 49.0 Å². The number of nitrogens with zero attached hydrogens (tertiary/aromatic N) is 3. The molecule has 0 amide bonds. The van der Waals surface area contributed by atoms with Crippen LogP contribution in [0.15, 0.2) is 35.1 Å². The SMILES string of the molecule is CC1CCc2c(sc3nc(CN(C)C)n(CCCCOc4ccccc4)c(=O)c23)C1. The lowest BCUT2D eigenvalue weighted by atomic mass is 9.89. The zero-order chi connectivity index (χ0) is 21.1. The number of aromatic nitrogens is 2. The molecular formula is C24H31N3O2S. The molecule has 2 aromatic heterocycles. The Morgan fingerprint density at radius 3 is 2.80 bits per heavy atom. The molecule has 0 spiro atoms. The molecule has 1 aromatic carbocycles.